The van der Waals surface area contributed by atoms with Gasteiger partial charge in [0, 0.05) is 22.7 Å². The van der Waals surface area contributed by atoms with E-state index in [0.29, 0.717) is 17.6 Å². The molecule has 0 spiro atoms. The van der Waals surface area contributed by atoms with E-state index in [-0.39, 0.29) is 12.0 Å². The van der Waals surface area contributed by atoms with Gasteiger partial charge in [0.25, 0.3) is 0 Å². The minimum atomic E-state index is -2.75. The lowest BCUT2D eigenvalue weighted by Crippen LogP contribution is -2.74. The van der Waals surface area contributed by atoms with Gasteiger partial charge in [0.15, 0.2) is 19.7 Å². The molecule has 0 fully saturated rings. The van der Waals surface area contributed by atoms with Gasteiger partial charge in [-0.25, -0.2) is 4.98 Å². The van der Waals surface area contributed by atoms with E-state index in [4.69, 9.17) is 15.0 Å². The van der Waals surface area contributed by atoms with Crippen molar-refractivity contribution in [3.05, 3.63) is 200 Å². The Bertz CT molecular complexity index is 2240. The van der Waals surface area contributed by atoms with Gasteiger partial charge in [-0.15, -0.1) is 0 Å². The normalized spacial score (nSPS) is 16.2. The number of para-hydroxylation sites is 1. The van der Waals surface area contributed by atoms with Crippen LogP contribution in [0, 0.1) is 0 Å². The molecule has 2 atom stereocenters. The second-order valence-corrected chi connectivity index (χ2v) is 16.6. The lowest BCUT2D eigenvalue weighted by atomic mass is 9.92. The molecule has 2 unspecified atom stereocenters. The van der Waals surface area contributed by atoms with Crippen LogP contribution in [0.2, 0.25) is 0 Å². The van der Waals surface area contributed by atoms with E-state index in [1.807, 2.05) is 18.2 Å². The smallest absolute Gasteiger partial charge is 0.234 e. The van der Waals surface area contributed by atoms with E-state index in [0.717, 1.165) is 16.8 Å². The maximum atomic E-state index is 5.30. The standard InChI is InChI=1S/C45H34N4Si/c1-5-18-33(19-6-1)43-46-44(48-45(47-43)49-41-30-15-13-28-39(41)40-29-14-16-31-42(40)49)34-20-17-27-38(32-34)50(35-21-7-2-8-22-35,36-23-9-3-10-24-36)37-25-11-4-12-26-37/h1-32,39,41H. The van der Waals surface area contributed by atoms with Gasteiger partial charge < -0.3 is 4.90 Å². The van der Waals surface area contributed by atoms with Crippen molar-refractivity contribution in [3.63, 3.8) is 0 Å². The average Bonchev–Trinajstić information content (AvgIpc) is 3.54. The van der Waals surface area contributed by atoms with Crippen LogP contribution in [0.25, 0.3) is 22.8 Å². The molecular weight excluding hydrogens is 625 g/mol. The van der Waals surface area contributed by atoms with Gasteiger partial charge in [-0.05, 0) is 32.4 Å². The summed E-state index contributed by atoms with van der Waals surface area (Å²) >= 11 is 0. The summed E-state index contributed by atoms with van der Waals surface area (Å²) in [6.45, 7) is 0. The van der Waals surface area contributed by atoms with E-state index in [2.05, 4.69) is 181 Å². The lowest BCUT2D eigenvalue weighted by molar-refractivity contribution is 0.728. The molecule has 1 aliphatic heterocycles. The zero-order valence-electron chi connectivity index (χ0n) is 27.4. The summed E-state index contributed by atoms with van der Waals surface area (Å²) in [4.78, 5) is 17.9. The molecule has 2 heterocycles. The lowest BCUT2D eigenvalue weighted by Gasteiger charge is -2.34. The predicted octanol–water partition coefficient (Wildman–Crippen LogP) is 7.31. The van der Waals surface area contributed by atoms with E-state index in [1.54, 1.807) is 0 Å². The first-order valence-electron chi connectivity index (χ1n) is 17.1. The molecule has 7 aromatic rings. The third kappa shape index (κ3) is 5.02. The first kappa shape index (κ1) is 29.9. The molecule has 1 aromatic heterocycles. The number of nitrogens with zero attached hydrogens (tertiary/aromatic N) is 4. The van der Waals surface area contributed by atoms with Crippen LogP contribution in [0.4, 0.5) is 11.6 Å². The second kappa shape index (κ2) is 12.7. The van der Waals surface area contributed by atoms with Gasteiger partial charge in [0.1, 0.15) is 0 Å². The third-order valence-corrected chi connectivity index (χ3v) is 14.8. The van der Waals surface area contributed by atoms with Gasteiger partial charge in [-0.2, -0.15) is 9.97 Å². The Morgan fingerprint density at radius 1 is 0.440 bits per heavy atom. The van der Waals surface area contributed by atoms with Crippen LogP contribution in [0.5, 0.6) is 0 Å². The van der Waals surface area contributed by atoms with Crippen molar-refractivity contribution in [2.45, 2.75) is 12.0 Å². The van der Waals surface area contributed by atoms with Gasteiger partial charge >= 0.3 is 0 Å². The largest absolute Gasteiger partial charge is 0.302 e. The molecule has 9 rings (SSSR count). The molecule has 0 radical (unpaired) electrons. The molecule has 1 aliphatic carbocycles. The Kier molecular flexibility index (Phi) is 7.60. The monoisotopic (exact) mass is 658 g/mol. The summed E-state index contributed by atoms with van der Waals surface area (Å²) < 4.78 is 0. The van der Waals surface area contributed by atoms with Crippen molar-refractivity contribution >= 4 is 40.5 Å². The molecular formula is C45H34N4Si. The first-order valence-corrected chi connectivity index (χ1v) is 19.1. The maximum absolute atomic E-state index is 5.30. The van der Waals surface area contributed by atoms with Crippen LogP contribution in [0.1, 0.15) is 11.5 Å². The molecule has 5 heteroatoms. The van der Waals surface area contributed by atoms with Crippen LogP contribution in [-0.4, -0.2) is 29.1 Å². The molecule has 0 saturated carbocycles. The van der Waals surface area contributed by atoms with Crippen LogP contribution in [0.3, 0.4) is 0 Å². The van der Waals surface area contributed by atoms with Crippen LogP contribution in [0.15, 0.2) is 194 Å². The molecule has 238 valence electrons. The van der Waals surface area contributed by atoms with E-state index in [9.17, 15) is 0 Å². The summed E-state index contributed by atoms with van der Waals surface area (Å²) in [6, 6.07) is 60.9. The number of aromatic nitrogens is 3. The van der Waals surface area contributed by atoms with E-state index < -0.39 is 8.07 Å². The van der Waals surface area contributed by atoms with Crippen molar-refractivity contribution in [2.24, 2.45) is 0 Å². The Hall–Kier alpha value is -6.17. The Labute approximate surface area is 293 Å². The number of fused-ring (bicyclic) bond motifs is 3. The molecule has 0 amide bonds. The average molecular weight is 659 g/mol. The maximum Gasteiger partial charge on any atom is 0.234 e. The highest BCUT2D eigenvalue weighted by atomic mass is 28.3. The Morgan fingerprint density at radius 2 is 0.940 bits per heavy atom. The number of rotatable bonds is 7. The van der Waals surface area contributed by atoms with Crippen LogP contribution in [-0.2, 0) is 0 Å². The zero-order chi connectivity index (χ0) is 33.3. The van der Waals surface area contributed by atoms with Gasteiger partial charge in [0.05, 0.1) is 6.04 Å². The molecule has 2 aliphatic rings. The fourth-order valence-corrected chi connectivity index (χ4v) is 12.6. The third-order valence-electron chi connectivity index (χ3n) is 10.0. The quantitative estimate of drug-likeness (QED) is 0.133. The number of allylic oxidation sites excluding steroid dienone is 2. The predicted molar refractivity (Wildman–Crippen MR) is 208 cm³/mol. The molecule has 4 nitrogen and oxygen atoms in total. The Morgan fingerprint density at radius 3 is 1.58 bits per heavy atom. The topological polar surface area (TPSA) is 41.9 Å². The van der Waals surface area contributed by atoms with E-state index in [1.165, 1.54) is 26.3 Å². The first-order chi connectivity index (χ1) is 24.8. The van der Waals surface area contributed by atoms with Crippen LogP contribution < -0.4 is 25.6 Å². The van der Waals surface area contributed by atoms with Crippen molar-refractivity contribution in [3.8, 4) is 22.8 Å². The fourth-order valence-electron chi connectivity index (χ4n) is 7.79. The Balaban J connectivity index is 1.27. The summed E-state index contributed by atoms with van der Waals surface area (Å²) in [5.74, 6) is 2.19. The van der Waals surface area contributed by atoms with Gasteiger partial charge in [0.2, 0.25) is 5.95 Å². The van der Waals surface area contributed by atoms with Crippen molar-refractivity contribution in [1.82, 2.24) is 15.0 Å². The van der Waals surface area contributed by atoms with Crippen molar-refractivity contribution in [1.29, 1.82) is 0 Å². The highest BCUT2D eigenvalue weighted by Crippen LogP contribution is 2.46. The molecule has 0 saturated heterocycles. The van der Waals surface area contributed by atoms with Gasteiger partial charge in [-0.3, -0.25) is 0 Å². The fraction of sp³-hybridized carbons (Fsp3) is 0.0444. The van der Waals surface area contributed by atoms with E-state index >= 15 is 0 Å². The second-order valence-electron chi connectivity index (χ2n) is 12.8. The number of benzene rings is 6. The van der Waals surface area contributed by atoms with Gasteiger partial charge in [-0.1, -0.05) is 188 Å². The molecule has 0 bridgehead atoms. The number of hydrogen-bond donors (Lipinski definition) is 0. The molecule has 0 N–H and O–H groups in total. The number of anilines is 2. The highest BCUT2D eigenvalue weighted by molar-refractivity contribution is 7.19. The highest BCUT2D eigenvalue weighted by Gasteiger charge is 2.42. The SMILES string of the molecule is C1=CC2c3ccccc3N(c3nc(-c4ccccc4)nc(-c4cccc([Si](c5ccccc5)(c5ccccc5)c5ccccc5)c4)n3)C2C=C1. The van der Waals surface area contributed by atoms with Crippen molar-refractivity contribution in [2.75, 3.05) is 4.90 Å². The summed E-state index contributed by atoms with van der Waals surface area (Å²) in [5.41, 5.74) is 4.34. The number of hydrogen-bond acceptors (Lipinski definition) is 4. The summed E-state index contributed by atoms with van der Waals surface area (Å²) in [7, 11) is -2.75. The minimum Gasteiger partial charge on any atom is -0.302 e. The summed E-state index contributed by atoms with van der Waals surface area (Å²) in [6.07, 6.45) is 8.82. The molecule has 50 heavy (non-hydrogen) atoms. The molecule has 6 aromatic carbocycles. The summed E-state index contributed by atoms with van der Waals surface area (Å²) in [5, 5.41) is 5.25. The van der Waals surface area contributed by atoms with Crippen LogP contribution >= 0.6 is 0 Å². The minimum absolute atomic E-state index is 0.0805. The zero-order valence-corrected chi connectivity index (χ0v) is 28.4. The van der Waals surface area contributed by atoms with Crippen molar-refractivity contribution < 1.29 is 0 Å².